The van der Waals surface area contributed by atoms with Crippen molar-refractivity contribution in [2.45, 2.75) is 168 Å². The highest BCUT2D eigenvalue weighted by atomic mass is 19.1. The summed E-state index contributed by atoms with van der Waals surface area (Å²) in [7, 11) is 1.92. The van der Waals surface area contributed by atoms with Gasteiger partial charge < -0.3 is 30.1 Å². The summed E-state index contributed by atoms with van der Waals surface area (Å²) in [6, 6.07) is 5.72. The first kappa shape index (κ1) is 46.1. The zero-order valence-corrected chi connectivity index (χ0v) is 39.7. The molecule has 0 heterocycles. The average molecular weight is 882 g/mol. The minimum absolute atomic E-state index is 0.00641. The number of fused-ring (bicyclic) bond motifs is 9. The van der Waals surface area contributed by atoms with Crippen molar-refractivity contribution < 1.29 is 39.1 Å². The number of anilines is 1. The minimum atomic E-state index is -1.08. The van der Waals surface area contributed by atoms with Crippen LogP contribution in [0.2, 0.25) is 0 Å². The summed E-state index contributed by atoms with van der Waals surface area (Å²) in [6.45, 7) is 13.6. The Bertz CT molecular complexity index is 2140. The molecule has 8 aliphatic carbocycles. The van der Waals surface area contributed by atoms with E-state index in [1.165, 1.54) is 11.1 Å². The van der Waals surface area contributed by atoms with E-state index >= 15 is 4.39 Å². The van der Waals surface area contributed by atoms with Crippen LogP contribution in [-0.2, 0) is 14.3 Å². The molecule has 64 heavy (non-hydrogen) atoms. The molecule has 0 radical (unpaired) electrons. The molecule has 8 nitrogen and oxygen atoms in total. The minimum Gasteiger partial charge on any atom is -0.481 e. The van der Waals surface area contributed by atoms with Gasteiger partial charge in [-0.25, -0.2) is 4.39 Å². The van der Waals surface area contributed by atoms with Crippen LogP contribution in [0, 0.1) is 87.2 Å². The Morgan fingerprint density at radius 3 is 2.50 bits per heavy atom. The Morgan fingerprint density at radius 2 is 1.77 bits per heavy atom. The number of hydrogen-bond donors (Lipinski definition) is 4. The van der Waals surface area contributed by atoms with Crippen LogP contribution in [0.5, 0.6) is 0 Å². The van der Waals surface area contributed by atoms with E-state index in [9.17, 15) is 30.0 Å². The van der Waals surface area contributed by atoms with Gasteiger partial charge in [-0.05, 0) is 190 Å². The molecule has 17 atom stereocenters. The highest BCUT2D eigenvalue weighted by Gasteiger charge is 2.66. The van der Waals surface area contributed by atoms with Gasteiger partial charge in [-0.3, -0.25) is 9.59 Å². The third kappa shape index (κ3) is 7.28. The summed E-state index contributed by atoms with van der Waals surface area (Å²) < 4.78 is 23.1. The van der Waals surface area contributed by atoms with Gasteiger partial charge in [0, 0.05) is 31.3 Å². The maximum atomic E-state index is 16.5. The number of nitrogens with zero attached hydrogens (tertiary/aromatic N) is 1. The number of aliphatic hydroxyl groups excluding tert-OH is 2. The maximum Gasteiger partial charge on any atom is 0.306 e. The van der Waals surface area contributed by atoms with E-state index in [1.54, 1.807) is 19.9 Å². The number of halogens is 1. The lowest BCUT2D eigenvalue weighted by atomic mass is 9.43. The molecule has 8 aliphatic rings. The number of ketones is 1. The zero-order valence-electron chi connectivity index (χ0n) is 39.7. The van der Waals surface area contributed by atoms with Crippen LogP contribution in [0.4, 0.5) is 10.1 Å². The number of benzene rings is 1. The van der Waals surface area contributed by atoms with Gasteiger partial charge in [-0.2, -0.15) is 0 Å². The second-order valence-corrected chi connectivity index (χ2v) is 23.2. The Balaban J connectivity index is 0.855. The number of rotatable bonds is 10. The molecule has 1 unspecified atom stereocenters. The van der Waals surface area contributed by atoms with Gasteiger partial charge in [0.05, 0.1) is 36.5 Å². The molecule has 6 fully saturated rings. The fraction of sp³-hybridized carbons (Fsp3) is 0.745. The summed E-state index contributed by atoms with van der Waals surface area (Å²) in [5.74, 6) is 6.83. The van der Waals surface area contributed by atoms with Gasteiger partial charge in [-0.15, -0.1) is 5.92 Å². The Hall–Kier alpha value is -3.03. The second-order valence-electron chi connectivity index (χ2n) is 23.2. The lowest BCUT2D eigenvalue weighted by molar-refractivity contribution is -0.209. The second kappa shape index (κ2) is 16.9. The number of aliphatic carboxylic acids is 1. The van der Waals surface area contributed by atoms with E-state index in [2.05, 4.69) is 45.6 Å². The van der Waals surface area contributed by atoms with Crippen molar-refractivity contribution in [3.63, 3.8) is 0 Å². The van der Waals surface area contributed by atoms with Crippen LogP contribution in [-0.4, -0.2) is 76.3 Å². The summed E-state index contributed by atoms with van der Waals surface area (Å²) in [4.78, 5) is 26.2. The van der Waals surface area contributed by atoms with Crippen LogP contribution >= 0.6 is 0 Å². The van der Waals surface area contributed by atoms with Crippen molar-refractivity contribution in [1.29, 1.82) is 0 Å². The SMILES string of the molecule is CC#C[C@@]1(O)CC[C@H]2[C@@H]3CCC4=CC(=O)CCC4=C3[C@@H](c3ccc(N(C)CCO[C@H]4CC[C@@]5(C)[C@@H](C4)C[C@@H](O)[C@@H]4[C@@H]5C[C@H](O)[C@]5(C)[C@@H]([C@H](C)CC(C)C(=O)O)CC[C@@H]45)c(F)c3)C[C@@]21C. The van der Waals surface area contributed by atoms with E-state index in [0.717, 1.165) is 75.3 Å². The van der Waals surface area contributed by atoms with Crippen molar-refractivity contribution in [1.82, 2.24) is 0 Å². The van der Waals surface area contributed by atoms with Crippen molar-refractivity contribution >= 4 is 17.4 Å². The molecule has 0 aliphatic heterocycles. The largest absolute Gasteiger partial charge is 0.481 e. The van der Waals surface area contributed by atoms with Gasteiger partial charge in [0.2, 0.25) is 0 Å². The van der Waals surface area contributed by atoms with E-state index in [1.807, 2.05) is 24.1 Å². The first-order valence-electron chi connectivity index (χ1n) is 25.2. The van der Waals surface area contributed by atoms with E-state index < -0.39 is 35.1 Å². The molecule has 9 rings (SSSR count). The molecule has 1 aromatic carbocycles. The molecule has 350 valence electrons. The van der Waals surface area contributed by atoms with Gasteiger partial charge in [-0.1, -0.05) is 52.2 Å². The fourth-order valence-corrected chi connectivity index (χ4v) is 17.0. The van der Waals surface area contributed by atoms with Gasteiger partial charge in [0.15, 0.2) is 5.78 Å². The van der Waals surface area contributed by atoms with E-state index in [4.69, 9.17) is 4.74 Å². The monoisotopic (exact) mass is 882 g/mol. The van der Waals surface area contributed by atoms with Gasteiger partial charge >= 0.3 is 5.97 Å². The van der Waals surface area contributed by atoms with Crippen LogP contribution in [0.1, 0.15) is 149 Å². The normalized spacial score (nSPS) is 43.3. The Morgan fingerprint density at radius 1 is 0.984 bits per heavy atom. The van der Waals surface area contributed by atoms with Crippen LogP contribution in [0.15, 0.2) is 41.0 Å². The molecule has 1 aromatic rings. The quantitative estimate of drug-likeness (QED) is 0.171. The van der Waals surface area contributed by atoms with Crippen molar-refractivity contribution in [3.05, 3.63) is 52.4 Å². The Labute approximate surface area is 381 Å². The number of hydrogen-bond acceptors (Lipinski definition) is 7. The number of ether oxygens (including phenoxy) is 1. The van der Waals surface area contributed by atoms with Crippen LogP contribution in [0.25, 0.3) is 0 Å². The number of carbonyl (C=O) groups excluding carboxylic acids is 1. The first-order valence-corrected chi connectivity index (χ1v) is 25.2. The number of carboxylic acids is 1. The molecule has 0 saturated heterocycles. The third-order valence-electron chi connectivity index (χ3n) is 20.4. The highest BCUT2D eigenvalue weighted by molar-refractivity contribution is 5.93. The highest BCUT2D eigenvalue weighted by Crippen LogP contribution is 2.69. The smallest absolute Gasteiger partial charge is 0.306 e. The maximum absolute atomic E-state index is 16.5. The predicted molar refractivity (Wildman–Crippen MR) is 247 cm³/mol. The van der Waals surface area contributed by atoms with Crippen molar-refractivity contribution in [3.8, 4) is 11.8 Å². The Kier molecular flexibility index (Phi) is 12.2. The van der Waals surface area contributed by atoms with Crippen LogP contribution < -0.4 is 4.90 Å². The summed E-state index contributed by atoms with van der Waals surface area (Å²) >= 11 is 0. The summed E-state index contributed by atoms with van der Waals surface area (Å²) in [5.41, 5.74) is 3.47. The fourth-order valence-electron chi connectivity index (χ4n) is 17.0. The molecule has 0 aromatic heterocycles. The standard InChI is InChI=1S/C55H76FNO7/c1-8-19-55(63)21-18-42-39-12-9-33-25-36(58)11-13-38(33)49(39)40(30-53(42,55)5)34-10-16-46(45(56)26-34)57(7)22-23-64-37-17-20-52(4)35(27-37)28-47(59)50-43-15-14-41(31(2)24-32(3)51(61)62)54(43,6)48(60)29-44(50)52/h10,16,25-26,31-32,35,37,39-44,47-48,50,59-60,63H,9,11-15,17-18,20-24,27-30H2,1-7H3,(H,61,62)/t31-,32?,35+,37+,39+,40-,41-,42+,43+,44+,47-,48+,50+,52+,53+,54-,55-/m1/s1. The summed E-state index contributed by atoms with van der Waals surface area (Å²) in [6.07, 6.45) is 13.1. The number of carbonyl (C=O) groups is 2. The van der Waals surface area contributed by atoms with Crippen LogP contribution in [0.3, 0.4) is 0 Å². The number of allylic oxidation sites excluding steroid dienone is 4. The van der Waals surface area contributed by atoms with Crippen molar-refractivity contribution in [2.75, 3.05) is 25.1 Å². The topological polar surface area (TPSA) is 128 Å². The molecular formula is C55H76FNO7. The molecule has 6 saturated carbocycles. The molecular weight excluding hydrogens is 806 g/mol. The molecule has 0 amide bonds. The van der Waals surface area contributed by atoms with Gasteiger partial charge in [0.25, 0.3) is 0 Å². The third-order valence-corrected chi connectivity index (χ3v) is 20.4. The average Bonchev–Trinajstić information content (AvgIpc) is 3.74. The molecule has 0 spiro atoms. The first-order chi connectivity index (χ1) is 30.3. The lowest BCUT2D eigenvalue weighted by Gasteiger charge is -2.63. The number of likely N-dealkylation sites (N-methyl/N-ethyl adjacent to an activating group) is 1. The molecule has 9 heteroatoms. The molecule has 4 N–H and O–H groups in total. The van der Waals surface area contributed by atoms with Gasteiger partial charge in [0.1, 0.15) is 11.4 Å². The van der Waals surface area contributed by atoms with E-state index in [-0.39, 0.29) is 70.0 Å². The number of aliphatic hydroxyl groups is 3. The predicted octanol–water partition coefficient (Wildman–Crippen LogP) is 9.65. The van der Waals surface area contributed by atoms with Crippen molar-refractivity contribution in [2.24, 2.45) is 69.5 Å². The summed E-state index contributed by atoms with van der Waals surface area (Å²) in [5, 5.41) is 45.7. The van der Waals surface area contributed by atoms with E-state index in [0.29, 0.717) is 62.8 Å². The zero-order chi connectivity index (χ0) is 45.7. The lowest BCUT2D eigenvalue weighted by Crippen LogP contribution is -2.62. The number of carboxylic acid groups (broad SMARTS) is 1. The molecule has 0 bridgehead atoms.